The highest BCUT2D eigenvalue weighted by Gasteiger charge is 2.09. The first-order chi connectivity index (χ1) is 6.77. The van der Waals surface area contributed by atoms with E-state index in [0.717, 1.165) is 19.6 Å². The lowest BCUT2D eigenvalue weighted by Gasteiger charge is -2.22. The Hall–Kier alpha value is -0.470. The Balaban J connectivity index is 2.54. The van der Waals surface area contributed by atoms with Crippen LogP contribution in [-0.4, -0.2) is 24.5 Å². The van der Waals surface area contributed by atoms with Gasteiger partial charge in [0.2, 0.25) is 0 Å². The standard InChI is InChI=1S/C12H19NS/c1-3-13(4-2)10-12(14)11-8-6-5-7-9-11/h5-9,12,14H,3-4,10H2,1-2H3. The van der Waals surface area contributed by atoms with E-state index in [9.17, 15) is 0 Å². The third kappa shape index (κ3) is 3.35. The average molecular weight is 209 g/mol. The number of benzene rings is 1. The summed E-state index contributed by atoms with van der Waals surface area (Å²) in [4.78, 5) is 2.39. The van der Waals surface area contributed by atoms with Gasteiger partial charge in [-0.3, -0.25) is 0 Å². The second kappa shape index (κ2) is 6.10. The first-order valence-corrected chi connectivity index (χ1v) is 5.75. The third-order valence-corrected chi connectivity index (χ3v) is 2.97. The molecule has 0 aliphatic heterocycles. The maximum absolute atomic E-state index is 4.63. The van der Waals surface area contributed by atoms with Crippen molar-refractivity contribution < 1.29 is 0 Å². The maximum atomic E-state index is 4.63. The molecule has 0 aliphatic rings. The highest BCUT2D eigenvalue weighted by Crippen LogP contribution is 2.20. The van der Waals surface area contributed by atoms with Gasteiger partial charge in [0, 0.05) is 11.8 Å². The van der Waals surface area contributed by atoms with Crippen molar-refractivity contribution in [2.75, 3.05) is 19.6 Å². The van der Waals surface area contributed by atoms with Crippen LogP contribution in [0.3, 0.4) is 0 Å². The number of likely N-dealkylation sites (N-methyl/N-ethyl adjacent to an activating group) is 1. The summed E-state index contributed by atoms with van der Waals surface area (Å²) in [6.45, 7) is 7.60. The Morgan fingerprint density at radius 2 is 1.71 bits per heavy atom. The van der Waals surface area contributed by atoms with Gasteiger partial charge in [0.25, 0.3) is 0 Å². The number of thiol groups is 1. The molecule has 0 saturated heterocycles. The number of rotatable bonds is 5. The molecule has 0 radical (unpaired) electrons. The summed E-state index contributed by atoms with van der Waals surface area (Å²) in [5, 5.41) is 0.330. The molecular weight excluding hydrogens is 190 g/mol. The van der Waals surface area contributed by atoms with E-state index in [1.165, 1.54) is 5.56 Å². The minimum atomic E-state index is 0.330. The topological polar surface area (TPSA) is 3.24 Å². The van der Waals surface area contributed by atoms with Crippen molar-refractivity contribution in [2.45, 2.75) is 19.1 Å². The fourth-order valence-electron chi connectivity index (χ4n) is 1.51. The molecule has 1 rings (SSSR count). The van der Waals surface area contributed by atoms with Gasteiger partial charge in [0.05, 0.1) is 0 Å². The molecule has 1 aromatic rings. The molecule has 0 amide bonds. The Kier molecular flexibility index (Phi) is 5.05. The lowest BCUT2D eigenvalue weighted by molar-refractivity contribution is 0.306. The third-order valence-electron chi connectivity index (χ3n) is 2.51. The second-order valence-electron chi connectivity index (χ2n) is 3.41. The van der Waals surface area contributed by atoms with Crippen LogP contribution in [0, 0.1) is 0 Å². The fourth-order valence-corrected chi connectivity index (χ4v) is 1.91. The largest absolute Gasteiger partial charge is 0.302 e. The van der Waals surface area contributed by atoms with Crippen LogP contribution in [0.2, 0.25) is 0 Å². The number of hydrogen-bond donors (Lipinski definition) is 1. The molecule has 0 bridgehead atoms. The molecule has 0 saturated carbocycles. The monoisotopic (exact) mass is 209 g/mol. The molecule has 0 fully saturated rings. The molecule has 0 aliphatic carbocycles. The molecule has 14 heavy (non-hydrogen) atoms. The lowest BCUT2D eigenvalue weighted by Crippen LogP contribution is -2.26. The summed E-state index contributed by atoms with van der Waals surface area (Å²) < 4.78 is 0. The zero-order valence-corrected chi connectivity index (χ0v) is 9.87. The van der Waals surface area contributed by atoms with Gasteiger partial charge in [0.1, 0.15) is 0 Å². The molecule has 2 heteroatoms. The average Bonchev–Trinajstić information content (AvgIpc) is 2.26. The van der Waals surface area contributed by atoms with Crippen molar-refractivity contribution >= 4 is 12.6 Å². The van der Waals surface area contributed by atoms with Crippen LogP contribution in [-0.2, 0) is 0 Å². The van der Waals surface area contributed by atoms with Crippen LogP contribution in [0.1, 0.15) is 24.7 Å². The van der Waals surface area contributed by atoms with Crippen LogP contribution < -0.4 is 0 Å². The predicted molar refractivity (Wildman–Crippen MR) is 66.0 cm³/mol. The van der Waals surface area contributed by atoms with Crippen LogP contribution in [0.5, 0.6) is 0 Å². The van der Waals surface area contributed by atoms with E-state index >= 15 is 0 Å². The van der Waals surface area contributed by atoms with Gasteiger partial charge in [-0.15, -0.1) is 0 Å². The summed E-state index contributed by atoms with van der Waals surface area (Å²) >= 11 is 4.63. The van der Waals surface area contributed by atoms with Gasteiger partial charge in [0.15, 0.2) is 0 Å². The molecule has 0 heterocycles. The van der Waals surface area contributed by atoms with Crippen molar-refractivity contribution in [3.05, 3.63) is 35.9 Å². The summed E-state index contributed by atoms with van der Waals surface area (Å²) in [6, 6.07) is 10.5. The van der Waals surface area contributed by atoms with Crippen molar-refractivity contribution in [2.24, 2.45) is 0 Å². The Bertz CT molecular complexity index is 244. The molecule has 1 aromatic carbocycles. The molecule has 1 nitrogen and oxygen atoms in total. The molecule has 0 aromatic heterocycles. The zero-order chi connectivity index (χ0) is 10.4. The maximum Gasteiger partial charge on any atom is 0.0394 e. The molecule has 78 valence electrons. The lowest BCUT2D eigenvalue weighted by atomic mass is 10.1. The molecular formula is C12H19NS. The van der Waals surface area contributed by atoms with Crippen LogP contribution >= 0.6 is 12.6 Å². The van der Waals surface area contributed by atoms with Crippen molar-refractivity contribution in [3.8, 4) is 0 Å². The summed E-state index contributed by atoms with van der Waals surface area (Å²) in [5.41, 5.74) is 1.31. The van der Waals surface area contributed by atoms with E-state index in [4.69, 9.17) is 0 Å². The van der Waals surface area contributed by atoms with E-state index in [-0.39, 0.29) is 0 Å². The van der Waals surface area contributed by atoms with Crippen molar-refractivity contribution in [3.63, 3.8) is 0 Å². The van der Waals surface area contributed by atoms with E-state index in [2.05, 4.69) is 55.6 Å². The van der Waals surface area contributed by atoms with Crippen molar-refractivity contribution in [1.82, 2.24) is 4.90 Å². The van der Waals surface area contributed by atoms with E-state index in [1.807, 2.05) is 6.07 Å². The molecule has 1 unspecified atom stereocenters. The van der Waals surface area contributed by atoms with Gasteiger partial charge in [-0.25, -0.2) is 0 Å². The summed E-state index contributed by atoms with van der Waals surface area (Å²) in [6.07, 6.45) is 0. The van der Waals surface area contributed by atoms with Gasteiger partial charge >= 0.3 is 0 Å². The second-order valence-corrected chi connectivity index (χ2v) is 4.04. The van der Waals surface area contributed by atoms with Gasteiger partial charge in [-0.1, -0.05) is 44.2 Å². The van der Waals surface area contributed by atoms with Gasteiger partial charge in [-0.05, 0) is 18.7 Å². The Morgan fingerprint density at radius 1 is 1.14 bits per heavy atom. The zero-order valence-electron chi connectivity index (χ0n) is 8.98. The molecule has 1 atom stereocenters. The van der Waals surface area contributed by atoms with Crippen LogP contribution in [0.25, 0.3) is 0 Å². The predicted octanol–water partition coefficient (Wildman–Crippen LogP) is 3.00. The normalized spacial score (nSPS) is 13.1. The minimum Gasteiger partial charge on any atom is -0.302 e. The minimum absolute atomic E-state index is 0.330. The highest BCUT2D eigenvalue weighted by atomic mass is 32.1. The van der Waals surface area contributed by atoms with Crippen LogP contribution in [0.4, 0.5) is 0 Å². The summed E-state index contributed by atoms with van der Waals surface area (Å²) in [7, 11) is 0. The van der Waals surface area contributed by atoms with E-state index < -0.39 is 0 Å². The quantitative estimate of drug-likeness (QED) is 0.730. The number of nitrogens with zero attached hydrogens (tertiary/aromatic N) is 1. The molecule has 0 N–H and O–H groups in total. The highest BCUT2D eigenvalue weighted by molar-refractivity contribution is 7.80. The van der Waals surface area contributed by atoms with Gasteiger partial charge in [-0.2, -0.15) is 12.6 Å². The van der Waals surface area contributed by atoms with Gasteiger partial charge < -0.3 is 4.90 Å². The van der Waals surface area contributed by atoms with E-state index in [0.29, 0.717) is 5.25 Å². The summed E-state index contributed by atoms with van der Waals surface area (Å²) in [5.74, 6) is 0. The Morgan fingerprint density at radius 3 is 2.21 bits per heavy atom. The van der Waals surface area contributed by atoms with E-state index in [1.54, 1.807) is 0 Å². The Labute approximate surface area is 92.5 Å². The van der Waals surface area contributed by atoms with Crippen molar-refractivity contribution in [1.29, 1.82) is 0 Å². The first kappa shape index (κ1) is 11.6. The number of hydrogen-bond acceptors (Lipinski definition) is 2. The SMILES string of the molecule is CCN(CC)CC(S)c1ccccc1. The fraction of sp³-hybridized carbons (Fsp3) is 0.500. The van der Waals surface area contributed by atoms with Crippen LogP contribution in [0.15, 0.2) is 30.3 Å². The smallest absolute Gasteiger partial charge is 0.0394 e. The molecule has 0 spiro atoms. The first-order valence-electron chi connectivity index (χ1n) is 5.23.